The topological polar surface area (TPSA) is 54.3 Å². The normalized spacial score (nSPS) is 14.4. The van der Waals surface area contributed by atoms with Crippen molar-refractivity contribution in [3.63, 3.8) is 0 Å². The average molecular weight is 256 g/mol. The average Bonchev–Trinajstić information content (AvgIpc) is 2.35. The van der Waals surface area contributed by atoms with Gasteiger partial charge in [-0.15, -0.1) is 0 Å². The van der Waals surface area contributed by atoms with Crippen LogP contribution in [-0.4, -0.2) is 38.5 Å². The van der Waals surface area contributed by atoms with Gasteiger partial charge in [-0.05, 0) is 25.8 Å². The van der Waals surface area contributed by atoms with Gasteiger partial charge in [-0.3, -0.25) is 5.32 Å². The first-order valence-corrected chi connectivity index (χ1v) is 6.86. The molecular weight excluding hydrogens is 228 g/mol. The maximum Gasteiger partial charge on any atom is 0.106 e. The standard InChI is InChI=1S/C14H28N2O2/c1-5-7-16-14(4,12-15)6-8-17-9-10-18-11-13(2)3/h13,16H,5-11H2,1-4H3. The number of ether oxygens (including phenoxy) is 2. The molecule has 1 atom stereocenters. The lowest BCUT2D eigenvalue weighted by molar-refractivity contribution is 0.0333. The van der Waals surface area contributed by atoms with Crippen molar-refractivity contribution in [1.82, 2.24) is 5.32 Å². The van der Waals surface area contributed by atoms with Gasteiger partial charge >= 0.3 is 0 Å². The Labute approximate surface area is 112 Å². The van der Waals surface area contributed by atoms with Gasteiger partial charge in [-0.2, -0.15) is 5.26 Å². The van der Waals surface area contributed by atoms with Gasteiger partial charge in [0.1, 0.15) is 5.54 Å². The molecule has 0 fully saturated rings. The molecule has 0 aliphatic rings. The summed E-state index contributed by atoms with van der Waals surface area (Å²) in [6.45, 7) is 11.7. The monoisotopic (exact) mass is 256 g/mol. The van der Waals surface area contributed by atoms with Crippen LogP contribution in [0.2, 0.25) is 0 Å². The number of nitrogens with one attached hydrogen (secondary N) is 1. The van der Waals surface area contributed by atoms with Crippen LogP contribution in [0, 0.1) is 17.2 Å². The van der Waals surface area contributed by atoms with Gasteiger partial charge < -0.3 is 9.47 Å². The Kier molecular flexibility index (Phi) is 9.95. The molecule has 0 heterocycles. The van der Waals surface area contributed by atoms with Crippen molar-refractivity contribution < 1.29 is 9.47 Å². The molecule has 0 rings (SSSR count). The molecule has 4 nitrogen and oxygen atoms in total. The third-order valence-corrected chi connectivity index (χ3v) is 2.58. The molecule has 0 aromatic rings. The first-order valence-electron chi connectivity index (χ1n) is 6.86. The number of hydrogen-bond donors (Lipinski definition) is 1. The Morgan fingerprint density at radius 3 is 2.44 bits per heavy atom. The molecule has 0 saturated carbocycles. The van der Waals surface area contributed by atoms with Crippen molar-refractivity contribution in [2.75, 3.05) is 33.0 Å². The second kappa shape index (κ2) is 10.3. The summed E-state index contributed by atoms with van der Waals surface area (Å²) in [6, 6.07) is 2.31. The fourth-order valence-electron chi connectivity index (χ4n) is 1.40. The third kappa shape index (κ3) is 9.41. The van der Waals surface area contributed by atoms with Crippen LogP contribution in [0.25, 0.3) is 0 Å². The van der Waals surface area contributed by atoms with Gasteiger partial charge in [-0.1, -0.05) is 20.8 Å². The van der Waals surface area contributed by atoms with Crippen molar-refractivity contribution in [3.05, 3.63) is 0 Å². The number of rotatable bonds is 11. The largest absolute Gasteiger partial charge is 0.379 e. The first kappa shape index (κ1) is 17.4. The SMILES string of the molecule is CCCNC(C)(C#N)CCOCCOCC(C)C. The van der Waals surface area contributed by atoms with Crippen LogP contribution in [-0.2, 0) is 9.47 Å². The van der Waals surface area contributed by atoms with Crippen molar-refractivity contribution in [2.45, 2.75) is 46.1 Å². The van der Waals surface area contributed by atoms with E-state index in [1.165, 1.54) is 0 Å². The summed E-state index contributed by atoms with van der Waals surface area (Å²) in [6.07, 6.45) is 1.73. The maximum absolute atomic E-state index is 9.12. The zero-order valence-corrected chi connectivity index (χ0v) is 12.3. The van der Waals surface area contributed by atoms with E-state index in [4.69, 9.17) is 14.7 Å². The van der Waals surface area contributed by atoms with Gasteiger partial charge in [-0.25, -0.2) is 0 Å². The first-order chi connectivity index (χ1) is 8.54. The quantitative estimate of drug-likeness (QED) is 0.577. The van der Waals surface area contributed by atoms with Gasteiger partial charge in [0.15, 0.2) is 0 Å². The fraction of sp³-hybridized carbons (Fsp3) is 0.929. The molecule has 1 unspecified atom stereocenters. The lowest BCUT2D eigenvalue weighted by Crippen LogP contribution is -2.42. The smallest absolute Gasteiger partial charge is 0.106 e. The Morgan fingerprint density at radius 2 is 1.89 bits per heavy atom. The van der Waals surface area contributed by atoms with Crippen molar-refractivity contribution in [3.8, 4) is 6.07 Å². The fourth-order valence-corrected chi connectivity index (χ4v) is 1.40. The summed E-state index contributed by atoms with van der Waals surface area (Å²) in [5.74, 6) is 0.560. The van der Waals surface area contributed by atoms with Crippen LogP contribution >= 0.6 is 0 Å². The molecule has 0 aromatic carbocycles. The Morgan fingerprint density at radius 1 is 1.22 bits per heavy atom. The highest BCUT2D eigenvalue weighted by Gasteiger charge is 2.21. The lowest BCUT2D eigenvalue weighted by atomic mass is 10.0. The predicted octanol–water partition coefficient (Wildman–Crippen LogP) is 2.35. The van der Waals surface area contributed by atoms with Crippen LogP contribution in [0.1, 0.15) is 40.5 Å². The van der Waals surface area contributed by atoms with Crippen molar-refractivity contribution in [2.24, 2.45) is 5.92 Å². The molecule has 106 valence electrons. The van der Waals surface area contributed by atoms with E-state index in [1.807, 2.05) is 6.92 Å². The second-order valence-corrected chi connectivity index (χ2v) is 5.20. The van der Waals surface area contributed by atoms with E-state index in [9.17, 15) is 0 Å². The van der Waals surface area contributed by atoms with Crippen LogP contribution < -0.4 is 5.32 Å². The lowest BCUT2D eigenvalue weighted by Gasteiger charge is -2.22. The maximum atomic E-state index is 9.12. The summed E-state index contributed by atoms with van der Waals surface area (Å²) in [4.78, 5) is 0. The van der Waals surface area contributed by atoms with E-state index in [-0.39, 0.29) is 0 Å². The van der Waals surface area contributed by atoms with E-state index < -0.39 is 5.54 Å². The number of hydrogen-bond acceptors (Lipinski definition) is 4. The van der Waals surface area contributed by atoms with Crippen molar-refractivity contribution >= 4 is 0 Å². The summed E-state index contributed by atoms with van der Waals surface area (Å²) in [5, 5.41) is 12.4. The predicted molar refractivity (Wildman–Crippen MR) is 73.4 cm³/mol. The van der Waals surface area contributed by atoms with Gasteiger partial charge in [0.25, 0.3) is 0 Å². The van der Waals surface area contributed by atoms with Crippen molar-refractivity contribution in [1.29, 1.82) is 5.26 Å². The van der Waals surface area contributed by atoms with E-state index in [2.05, 4.69) is 32.2 Å². The number of nitrogens with zero attached hydrogens (tertiary/aromatic N) is 1. The Balaban J connectivity index is 3.54. The zero-order chi connectivity index (χ0) is 13.9. The highest BCUT2D eigenvalue weighted by atomic mass is 16.5. The van der Waals surface area contributed by atoms with Gasteiger partial charge in [0, 0.05) is 19.6 Å². The molecule has 0 aliphatic heterocycles. The van der Waals surface area contributed by atoms with E-state index >= 15 is 0 Å². The summed E-state index contributed by atoms with van der Waals surface area (Å²) < 4.78 is 10.9. The molecule has 0 saturated heterocycles. The molecule has 4 heteroatoms. The Bertz CT molecular complexity index is 238. The van der Waals surface area contributed by atoms with Gasteiger partial charge in [0.2, 0.25) is 0 Å². The molecule has 0 amide bonds. The summed E-state index contributed by atoms with van der Waals surface area (Å²) in [7, 11) is 0. The van der Waals surface area contributed by atoms with Crippen LogP contribution in [0.3, 0.4) is 0 Å². The van der Waals surface area contributed by atoms with E-state index in [0.29, 0.717) is 32.2 Å². The Hall–Kier alpha value is -0.630. The second-order valence-electron chi connectivity index (χ2n) is 5.20. The summed E-state index contributed by atoms with van der Waals surface area (Å²) >= 11 is 0. The van der Waals surface area contributed by atoms with Gasteiger partial charge in [0.05, 0.1) is 19.3 Å². The molecule has 0 bridgehead atoms. The minimum absolute atomic E-state index is 0.477. The molecule has 18 heavy (non-hydrogen) atoms. The minimum atomic E-state index is -0.477. The minimum Gasteiger partial charge on any atom is -0.379 e. The summed E-state index contributed by atoms with van der Waals surface area (Å²) in [5.41, 5.74) is -0.477. The molecule has 1 N–H and O–H groups in total. The molecule has 0 aliphatic carbocycles. The molecule has 0 spiro atoms. The van der Waals surface area contributed by atoms with Crippen LogP contribution in [0.5, 0.6) is 0 Å². The molecule has 0 aromatic heterocycles. The molecule has 0 radical (unpaired) electrons. The highest BCUT2D eigenvalue weighted by Crippen LogP contribution is 2.08. The van der Waals surface area contributed by atoms with Crippen LogP contribution in [0.15, 0.2) is 0 Å². The molecular formula is C14H28N2O2. The third-order valence-electron chi connectivity index (χ3n) is 2.58. The highest BCUT2D eigenvalue weighted by molar-refractivity contribution is 5.03. The number of nitriles is 1. The van der Waals surface area contributed by atoms with E-state index in [0.717, 1.165) is 19.6 Å². The van der Waals surface area contributed by atoms with E-state index in [1.54, 1.807) is 0 Å². The van der Waals surface area contributed by atoms with Crippen LogP contribution in [0.4, 0.5) is 0 Å². The zero-order valence-electron chi connectivity index (χ0n) is 12.3.